The Hall–Kier alpha value is -2.19. The third-order valence-electron chi connectivity index (χ3n) is 5.40. The molecule has 1 aliphatic carbocycles. The number of H-pyrrole nitrogens is 1. The van der Waals surface area contributed by atoms with E-state index in [0.717, 1.165) is 38.0 Å². The van der Waals surface area contributed by atoms with Gasteiger partial charge in [0.2, 0.25) is 11.7 Å². The fourth-order valence-electron chi connectivity index (χ4n) is 3.75. The molecule has 4 heterocycles. The molecule has 0 amide bonds. The number of fused-ring (bicyclic) bond motifs is 1. The largest absolute Gasteiger partial charge is 0.339 e. The molecule has 0 unspecified atom stereocenters. The molecule has 9 heteroatoms. The molecule has 3 aromatic heterocycles. The molecule has 5 rings (SSSR count). The number of hydrogen-bond donors (Lipinski definition) is 2. The number of rotatable bonds is 3. The van der Waals surface area contributed by atoms with Crippen molar-refractivity contribution in [3.63, 3.8) is 0 Å². The first kappa shape index (κ1) is 17.2. The Labute approximate surface area is 155 Å². The number of nitrogens with zero attached hydrogens (tertiary/aromatic N) is 4. The Morgan fingerprint density at radius 1 is 1.31 bits per heavy atom. The predicted molar refractivity (Wildman–Crippen MR) is 97.7 cm³/mol. The first-order valence-corrected chi connectivity index (χ1v) is 8.86. The van der Waals surface area contributed by atoms with E-state index in [9.17, 15) is 4.79 Å². The Kier molecular flexibility index (Phi) is 4.32. The SMILES string of the molecule is C[C@H]1C[C@H]1c1nc(-c2cnn3c(C4CCNCC4)cc(=O)[nH]c23)no1.Cl. The molecule has 0 radical (unpaired) electrons. The maximum atomic E-state index is 12.2. The van der Waals surface area contributed by atoms with E-state index in [1.807, 2.05) is 4.52 Å². The highest BCUT2D eigenvalue weighted by Gasteiger charge is 2.39. The molecular weight excluding hydrogens is 356 g/mol. The molecule has 0 spiro atoms. The summed E-state index contributed by atoms with van der Waals surface area (Å²) in [6.45, 7) is 4.09. The van der Waals surface area contributed by atoms with E-state index in [1.165, 1.54) is 0 Å². The van der Waals surface area contributed by atoms with Gasteiger partial charge in [0.15, 0.2) is 0 Å². The number of halogens is 1. The standard InChI is InChI=1S/C17H20N6O2.ClH/c1-9-6-11(9)17-21-15(22-25-17)12-8-19-23-13(7-14(24)20-16(12)23)10-2-4-18-5-3-10;/h7-11,18H,2-6H2,1H3,(H,20,24);1H/t9-,11+;/m0./s1. The summed E-state index contributed by atoms with van der Waals surface area (Å²) in [7, 11) is 0. The number of nitrogens with one attached hydrogen (secondary N) is 2. The average Bonchev–Trinajstić information content (AvgIpc) is 3.01. The predicted octanol–water partition coefficient (Wildman–Crippen LogP) is 2.08. The van der Waals surface area contributed by atoms with Crippen LogP contribution in [-0.2, 0) is 0 Å². The Balaban J connectivity index is 0.00000168. The van der Waals surface area contributed by atoms with Crippen molar-refractivity contribution in [2.24, 2.45) is 5.92 Å². The van der Waals surface area contributed by atoms with Crippen molar-refractivity contribution in [3.8, 4) is 11.4 Å². The molecule has 2 aliphatic rings. The molecule has 8 nitrogen and oxygen atoms in total. The van der Waals surface area contributed by atoms with Gasteiger partial charge in [0.1, 0.15) is 5.65 Å². The Morgan fingerprint density at radius 2 is 2.08 bits per heavy atom. The fraction of sp³-hybridized carbons (Fsp3) is 0.529. The number of aromatic amines is 1. The normalized spacial score (nSPS) is 23.1. The van der Waals surface area contributed by atoms with Gasteiger partial charge in [-0.1, -0.05) is 12.1 Å². The van der Waals surface area contributed by atoms with Gasteiger partial charge in [0.25, 0.3) is 5.56 Å². The maximum absolute atomic E-state index is 12.2. The highest BCUT2D eigenvalue weighted by Crippen LogP contribution is 2.46. The van der Waals surface area contributed by atoms with Crippen LogP contribution in [0.25, 0.3) is 17.0 Å². The van der Waals surface area contributed by atoms with Crippen LogP contribution in [0.15, 0.2) is 21.6 Å². The van der Waals surface area contributed by atoms with Gasteiger partial charge in [-0.3, -0.25) is 4.79 Å². The van der Waals surface area contributed by atoms with E-state index in [0.29, 0.717) is 40.7 Å². The van der Waals surface area contributed by atoms with Crippen molar-refractivity contribution in [1.82, 2.24) is 30.1 Å². The van der Waals surface area contributed by atoms with E-state index in [1.54, 1.807) is 12.3 Å². The minimum Gasteiger partial charge on any atom is -0.339 e. The first-order chi connectivity index (χ1) is 12.2. The van der Waals surface area contributed by atoms with Gasteiger partial charge < -0.3 is 14.8 Å². The van der Waals surface area contributed by atoms with E-state index in [4.69, 9.17) is 4.52 Å². The average molecular weight is 377 g/mol. The van der Waals surface area contributed by atoms with Gasteiger partial charge in [-0.25, -0.2) is 4.52 Å². The van der Waals surface area contributed by atoms with Crippen molar-refractivity contribution >= 4 is 18.1 Å². The quantitative estimate of drug-likeness (QED) is 0.725. The van der Waals surface area contributed by atoms with Gasteiger partial charge in [-0.15, -0.1) is 12.4 Å². The first-order valence-electron chi connectivity index (χ1n) is 8.86. The van der Waals surface area contributed by atoms with Crippen LogP contribution < -0.4 is 10.9 Å². The van der Waals surface area contributed by atoms with Crippen molar-refractivity contribution in [3.05, 3.63) is 34.2 Å². The molecule has 2 N–H and O–H groups in total. The lowest BCUT2D eigenvalue weighted by Gasteiger charge is -2.23. The summed E-state index contributed by atoms with van der Waals surface area (Å²) in [5.41, 5.74) is 2.17. The summed E-state index contributed by atoms with van der Waals surface area (Å²) in [5, 5.41) is 12.0. The lowest BCUT2D eigenvalue weighted by molar-refractivity contribution is 0.377. The summed E-state index contributed by atoms with van der Waals surface area (Å²) in [6, 6.07) is 1.66. The summed E-state index contributed by atoms with van der Waals surface area (Å²) in [5.74, 6) is 2.46. The topological polar surface area (TPSA) is 101 Å². The molecule has 1 saturated carbocycles. The molecule has 2 atom stereocenters. The van der Waals surface area contributed by atoms with Crippen molar-refractivity contribution in [2.45, 2.75) is 38.0 Å². The zero-order valence-electron chi connectivity index (χ0n) is 14.4. The zero-order chi connectivity index (χ0) is 17.0. The van der Waals surface area contributed by atoms with Crippen molar-refractivity contribution in [2.75, 3.05) is 13.1 Å². The van der Waals surface area contributed by atoms with Crippen LogP contribution in [-0.4, -0.2) is 37.8 Å². The molecule has 0 aromatic carbocycles. The lowest BCUT2D eigenvalue weighted by Crippen LogP contribution is -2.28. The molecule has 1 saturated heterocycles. The summed E-state index contributed by atoms with van der Waals surface area (Å²) in [6.07, 6.45) is 4.80. The van der Waals surface area contributed by atoms with Crippen LogP contribution in [0.3, 0.4) is 0 Å². The van der Waals surface area contributed by atoms with Gasteiger partial charge in [-0.05, 0) is 38.3 Å². The van der Waals surface area contributed by atoms with E-state index in [-0.39, 0.29) is 18.0 Å². The fourth-order valence-corrected chi connectivity index (χ4v) is 3.75. The Bertz CT molecular complexity index is 987. The van der Waals surface area contributed by atoms with Crippen LogP contribution >= 0.6 is 12.4 Å². The van der Waals surface area contributed by atoms with Crippen LogP contribution in [0.4, 0.5) is 0 Å². The van der Waals surface area contributed by atoms with Crippen molar-refractivity contribution < 1.29 is 4.52 Å². The van der Waals surface area contributed by atoms with E-state index >= 15 is 0 Å². The minimum atomic E-state index is -0.123. The van der Waals surface area contributed by atoms with Crippen LogP contribution in [0.5, 0.6) is 0 Å². The molecular formula is C17H21ClN6O2. The summed E-state index contributed by atoms with van der Waals surface area (Å²) < 4.78 is 7.23. The van der Waals surface area contributed by atoms with Gasteiger partial charge >= 0.3 is 0 Å². The second-order valence-corrected chi connectivity index (χ2v) is 7.18. The second kappa shape index (κ2) is 6.51. The molecule has 2 fully saturated rings. The smallest absolute Gasteiger partial charge is 0.251 e. The van der Waals surface area contributed by atoms with Crippen molar-refractivity contribution in [1.29, 1.82) is 0 Å². The van der Waals surface area contributed by atoms with Crippen LogP contribution in [0.2, 0.25) is 0 Å². The monoisotopic (exact) mass is 376 g/mol. The summed E-state index contributed by atoms with van der Waals surface area (Å²) in [4.78, 5) is 19.6. The molecule has 0 bridgehead atoms. The number of piperidine rings is 1. The van der Waals surface area contributed by atoms with E-state index in [2.05, 4.69) is 32.5 Å². The molecule has 1 aliphatic heterocycles. The van der Waals surface area contributed by atoms with Crippen LogP contribution in [0.1, 0.15) is 49.6 Å². The van der Waals surface area contributed by atoms with Crippen LogP contribution in [0, 0.1) is 5.92 Å². The number of hydrogen-bond acceptors (Lipinski definition) is 6. The van der Waals surface area contributed by atoms with Gasteiger partial charge in [0, 0.05) is 17.9 Å². The van der Waals surface area contributed by atoms with Gasteiger partial charge in [-0.2, -0.15) is 10.1 Å². The van der Waals surface area contributed by atoms with E-state index < -0.39 is 0 Å². The molecule has 138 valence electrons. The highest BCUT2D eigenvalue weighted by atomic mass is 35.5. The maximum Gasteiger partial charge on any atom is 0.251 e. The minimum absolute atomic E-state index is 0. The zero-order valence-corrected chi connectivity index (χ0v) is 15.3. The second-order valence-electron chi connectivity index (χ2n) is 7.18. The molecule has 26 heavy (non-hydrogen) atoms. The number of aromatic nitrogens is 5. The van der Waals surface area contributed by atoms with Gasteiger partial charge in [0.05, 0.1) is 17.5 Å². The summed E-state index contributed by atoms with van der Waals surface area (Å²) >= 11 is 0. The highest BCUT2D eigenvalue weighted by molar-refractivity contribution is 5.85. The lowest BCUT2D eigenvalue weighted by atomic mass is 9.94. The molecule has 3 aromatic rings. The Morgan fingerprint density at radius 3 is 2.81 bits per heavy atom. The third kappa shape index (κ3) is 2.83. The third-order valence-corrected chi connectivity index (χ3v) is 5.40.